The lowest BCUT2D eigenvalue weighted by Gasteiger charge is -2.44. The molecule has 1 saturated heterocycles. The largest absolute Gasteiger partial charge is 0.381 e. The van der Waals surface area contributed by atoms with Gasteiger partial charge < -0.3 is 19.9 Å². The Bertz CT molecular complexity index is 1050. The molecule has 160 valence electrons. The van der Waals surface area contributed by atoms with Gasteiger partial charge in [-0.1, -0.05) is 0 Å². The molecule has 1 amide bonds. The van der Waals surface area contributed by atoms with Crippen molar-refractivity contribution in [1.82, 2.24) is 4.98 Å². The van der Waals surface area contributed by atoms with Crippen molar-refractivity contribution in [3.05, 3.63) is 36.4 Å². The Morgan fingerprint density at radius 2 is 1.77 bits per heavy atom. The smallest absolute Gasteiger partial charge is 0.249 e. The fraction of sp³-hybridized carbons (Fsp3) is 0.429. The number of carbonyl (C=O) groups is 1. The second-order valence-corrected chi connectivity index (χ2v) is 9.80. The minimum atomic E-state index is -3.24. The van der Waals surface area contributed by atoms with Crippen LogP contribution in [0.15, 0.2) is 41.3 Å². The van der Waals surface area contributed by atoms with E-state index >= 15 is 0 Å². The van der Waals surface area contributed by atoms with E-state index in [1.807, 2.05) is 19.1 Å². The topological polar surface area (TPSA) is 91.8 Å². The predicted octanol–water partition coefficient (Wildman–Crippen LogP) is 2.58. The molecule has 0 saturated carbocycles. The van der Waals surface area contributed by atoms with Gasteiger partial charge in [-0.05, 0) is 56.2 Å². The Kier molecular flexibility index (Phi) is 5.42. The summed E-state index contributed by atoms with van der Waals surface area (Å²) >= 11 is 0. The van der Waals surface area contributed by atoms with E-state index in [0.29, 0.717) is 19.0 Å². The zero-order chi connectivity index (χ0) is 21.5. The minimum absolute atomic E-state index is 0.0489. The lowest BCUT2D eigenvalue weighted by molar-refractivity contribution is -0.119. The van der Waals surface area contributed by atoms with E-state index < -0.39 is 9.84 Å². The van der Waals surface area contributed by atoms with Crippen molar-refractivity contribution in [3.8, 4) is 0 Å². The molecule has 0 spiro atoms. The minimum Gasteiger partial charge on any atom is -0.381 e. The maximum Gasteiger partial charge on any atom is 0.249 e. The maximum absolute atomic E-state index is 12.8. The van der Waals surface area contributed by atoms with Gasteiger partial charge in [0.2, 0.25) is 5.91 Å². The van der Waals surface area contributed by atoms with Crippen molar-refractivity contribution in [2.45, 2.75) is 36.7 Å². The highest BCUT2D eigenvalue weighted by molar-refractivity contribution is 7.90. The third kappa shape index (κ3) is 3.87. The number of rotatable bonds is 4. The summed E-state index contributed by atoms with van der Waals surface area (Å²) in [6.45, 7) is 3.28. The molecule has 30 heavy (non-hydrogen) atoms. The van der Waals surface area contributed by atoms with E-state index in [2.05, 4.69) is 10.2 Å². The van der Waals surface area contributed by atoms with Crippen LogP contribution in [0.5, 0.6) is 0 Å². The second-order valence-electron chi connectivity index (χ2n) is 7.78. The second kappa shape index (κ2) is 7.88. The Labute approximate surface area is 176 Å². The molecule has 9 heteroatoms. The van der Waals surface area contributed by atoms with Crippen LogP contribution in [0.25, 0.3) is 0 Å². The monoisotopic (exact) mass is 430 g/mol. The molecular formula is C21H26N4O4S. The van der Waals surface area contributed by atoms with Crippen LogP contribution < -0.4 is 15.1 Å². The zero-order valence-corrected chi connectivity index (χ0v) is 18.1. The van der Waals surface area contributed by atoms with Crippen LogP contribution in [0.2, 0.25) is 0 Å². The SMILES string of the molecule is C[C@@H]1C(=O)N(C)c2ccc(Nc3ccc(S(C)(=O)=O)cc3)nc2N1C1CCOCC1. The maximum atomic E-state index is 12.8. The van der Waals surface area contributed by atoms with Gasteiger partial charge in [-0.3, -0.25) is 4.79 Å². The number of pyridine rings is 1. The molecule has 1 fully saturated rings. The van der Waals surface area contributed by atoms with Crippen LogP contribution in [-0.2, 0) is 19.4 Å². The number of nitrogens with zero attached hydrogens (tertiary/aromatic N) is 3. The number of aromatic nitrogens is 1. The molecular weight excluding hydrogens is 404 g/mol. The lowest BCUT2D eigenvalue weighted by atomic mass is 10.0. The highest BCUT2D eigenvalue weighted by Crippen LogP contribution is 2.38. The summed E-state index contributed by atoms with van der Waals surface area (Å²) in [5.41, 5.74) is 1.52. The normalized spacial score (nSPS) is 20.2. The van der Waals surface area contributed by atoms with E-state index in [-0.39, 0.29) is 22.9 Å². The number of likely N-dealkylation sites (N-methyl/N-ethyl adjacent to an activating group) is 1. The first-order chi connectivity index (χ1) is 14.3. The quantitative estimate of drug-likeness (QED) is 0.797. The van der Waals surface area contributed by atoms with Gasteiger partial charge in [0.25, 0.3) is 0 Å². The molecule has 0 radical (unpaired) electrons. The van der Waals surface area contributed by atoms with Crippen LogP contribution in [0, 0.1) is 0 Å². The molecule has 0 bridgehead atoms. The Morgan fingerprint density at radius 3 is 2.40 bits per heavy atom. The molecule has 0 aliphatic carbocycles. The number of anilines is 4. The van der Waals surface area contributed by atoms with Crippen molar-refractivity contribution in [2.24, 2.45) is 0 Å². The summed E-state index contributed by atoms with van der Waals surface area (Å²) in [6.07, 6.45) is 2.89. The molecule has 4 rings (SSSR count). The van der Waals surface area contributed by atoms with Gasteiger partial charge in [0.15, 0.2) is 15.7 Å². The van der Waals surface area contributed by atoms with Crippen molar-refractivity contribution in [1.29, 1.82) is 0 Å². The van der Waals surface area contributed by atoms with Gasteiger partial charge in [0.05, 0.1) is 10.6 Å². The van der Waals surface area contributed by atoms with Gasteiger partial charge >= 0.3 is 0 Å². The number of nitrogens with one attached hydrogen (secondary N) is 1. The summed E-state index contributed by atoms with van der Waals surface area (Å²) in [7, 11) is -1.46. The van der Waals surface area contributed by atoms with E-state index in [1.165, 1.54) is 6.26 Å². The number of hydrogen-bond donors (Lipinski definition) is 1. The predicted molar refractivity (Wildman–Crippen MR) is 116 cm³/mol. The average Bonchev–Trinajstić information content (AvgIpc) is 2.73. The first kappa shape index (κ1) is 20.6. The van der Waals surface area contributed by atoms with Gasteiger partial charge in [-0.25, -0.2) is 13.4 Å². The highest BCUT2D eigenvalue weighted by Gasteiger charge is 2.39. The van der Waals surface area contributed by atoms with Gasteiger partial charge in [-0.2, -0.15) is 0 Å². The summed E-state index contributed by atoms with van der Waals surface area (Å²) in [5, 5.41) is 3.24. The molecule has 1 aromatic carbocycles. The molecule has 8 nitrogen and oxygen atoms in total. The van der Waals surface area contributed by atoms with Crippen LogP contribution in [-0.4, -0.2) is 57.9 Å². The number of fused-ring (bicyclic) bond motifs is 1. The Balaban J connectivity index is 1.66. The molecule has 1 aromatic heterocycles. The number of amides is 1. The van der Waals surface area contributed by atoms with E-state index in [9.17, 15) is 13.2 Å². The van der Waals surface area contributed by atoms with Crippen LogP contribution in [0.3, 0.4) is 0 Å². The third-order valence-electron chi connectivity index (χ3n) is 5.70. The molecule has 1 N–H and O–H groups in total. The molecule has 2 aliphatic rings. The zero-order valence-electron chi connectivity index (χ0n) is 17.3. The van der Waals surface area contributed by atoms with Crippen molar-refractivity contribution < 1.29 is 17.9 Å². The first-order valence-corrected chi connectivity index (χ1v) is 11.9. The van der Waals surface area contributed by atoms with Crippen molar-refractivity contribution in [3.63, 3.8) is 0 Å². The van der Waals surface area contributed by atoms with E-state index in [4.69, 9.17) is 9.72 Å². The summed E-state index contributed by atoms with van der Waals surface area (Å²) < 4.78 is 28.8. The van der Waals surface area contributed by atoms with Gasteiger partial charge in [0, 0.05) is 38.2 Å². The molecule has 2 aliphatic heterocycles. The Morgan fingerprint density at radius 1 is 1.10 bits per heavy atom. The number of ether oxygens (including phenoxy) is 1. The summed E-state index contributed by atoms with van der Waals surface area (Å²) in [4.78, 5) is 21.7. The highest BCUT2D eigenvalue weighted by atomic mass is 32.2. The van der Waals surface area contributed by atoms with E-state index in [0.717, 1.165) is 30.0 Å². The fourth-order valence-corrected chi connectivity index (χ4v) is 4.68. The Hall–Kier alpha value is -2.65. The standard InChI is InChI=1S/C21H26N4O4S/c1-14-21(26)24(2)18-8-9-19(22-15-4-6-17(7-5-15)30(3,27)28)23-20(18)25(14)16-10-12-29-13-11-16/h4-9,14,16H,10-13H2,1-3H3,(H,22,23)/t14-/m1/s1. The number of benzene rings is 1. The number of hydrogen-bond acceptors (Lipinski definition) is 7. The molecule has 0 unspecified atom stereocenters. The van der Waals surface area contributed by atoms with Crippen molar-refractivity contribution in [2.75, 3.05) is 41.6 Å². The first-order valence-electron chi connectivity index (χ1n) is 9.97. The van der Waals surface area contributed by atoms with Crippen molar-refractivity contribution >= 4 is 38.8 Å². The summed E-state index contributed by atoms with van der Waals surface area (Å²) in [5.74, 6) is 1.45. The molecule has 3 heterocycles. The van der Waals surface area contributed by atoms with Crippen LogP contribution >= 0.6 is 0 Å². The average molecular weight is 431 g/mol. The number of sulfone groups is 1. The summed E-state index contributed by atoms with van der Waals surface area (Å²) in [6, 6.07) is 10.2. The lowest BCUT2D eigenvalue weighted by Crippen LogP contribution is -2.56. The third-order valence-corrected chi connectivity index (χ3v) is 6.83. The van der Waals surface area contributed by atoms with Crippen LogP contribution in [0.1, 0.15) is 19.8 Å². The van der Waals surface area contributed by atoms with Gasteiger partial charge in [0.1, 0.15) is 11.9 Å². The van der Waals surface area contributed by atoms with E-state index in [1.54, 1.807) is 36.2 Å². The fourth-order valence-electron chi connectivity index (χ4n) is 4.05. The van der Waals surface area contributed by atoms with Crippen LogP contribution in [0.4, 0.5) is 23.0 Å². The molecule has 2 aromatic rings. The number of carbonyl (C=O) groups excluding carboxylic acids is 1. The molecule has 1 atom stereocenters. The van der Waals surface area contributed by atoms with Gasteiger partial charge in [-0.15, -0.1) is 0 Å².